The summed E-state index contributed by atoms with van der Waals surface area (Å²) in [6.45, 7) is 13.4. The van der Waals surface area contributed by atoms with Crippen LogP contribution in [0.2, 0.25) is 0 Å². The van der Waals surface area contributed by atoms with Gasteiger partial charge in [-0.2, -0.15) is 0 Å². The Labute approximate surface area is 185 Å². The van der Waals surface area contributed by atoms with Crippen molar-refractivity contribution in [2.24, 2.45) is 39.9 Å². The van der Waals surface area contributed by atoms with Crippen molar-refractivity contribution in [2.45, 2.75) is 67.1 Å². The highest BCUT2D eigenvalue weighted by Crippen LogP contribution is 2.73. The minimum Gasteiger partial charge on any atom is -0.454 e. The molecule has 0 amide bonds. The van der Waals surface area contributed by atoms with Crippen molar-refractivity contribution in [3.8, 4) is 0 Å². The first-order valence-corrected chi connectivity index (χ1v) is 11.5. The lowest BCUT2D eigenvalue weighted by Crippen LogP contribution is -2.58. The van der Waals surface area contributed by atoms with Gasteiger partial charge in [0.2, 0.25) is 0 Å². The Hall–Kier alpha value is -1.72. The molecule has 4 aliphatic rings. The topological polar surface area (TPSA) is 83.8 Å². The number of ether oxygens (including phenoxy) is 1. The number of allylic oxidation sites excluding steroid dienone is 3. The smallest absolute Gasteiger partial charge is 0.333 e. The van der Waals surface area contributed by atoms with Crippen molar-refractivity contribution in [3.63, 3.8) is 0 Å². The lowest BCUT2D eigenvalue weighted by atomic mass is 9.53. The number of ketones is 1. The number of hydrogen-bond acceptors (Lipinski definition) is 5. The lowest BCUT2D eigenvalue weighted by molar-refractivity contribution is -0.168. The van der Waals surface area contributed by atoms with Crippen molar-refractivity contribution >= 4 is 11.8 Å². The summed E-state index contributed by atoms with van der Waals surface area (Å²) >= 11 is 0. The van der Waals surface area contributed by atoms with E-state index in [1.165, 1.54) is 0 Å². The van der Waals surface area contributed by atoms with Gasteiger partial charge in [0.1, 0.15) is 6.10 Å². The van der Waals surface area contributed by atoms with E-state index in [9.17, 15) is 19.8 Å². The van der Waals surface area contributed by atoms with E-state index in [0.29, 0.717) is 17.1 Å². The van der Waals surface area contributed by atoms with E-state index in [4.69, 9.17) is 4.74 Å². The van der Waals surface area contributed by atoms with Crippen LogP contribution in [0.5, 0.6) is 0 Å². The maximum absolute atomic E-state index is 14.3. The summed E-state index contributed by atoms with van der Waals surface area (Å²) in [6.07, 6.45) is 4.58. The Morgan fingerprint density at radius 1 is 1.32 bits per heavy atom. The molecule has 0 aromatic heterocycles. The molecule has 31 heavy (non-hydrogen) atoms. The van der Waals surface area contributed by atoms with Crippen LogP contribution >= 0.6 is 0 Å². The van der Waals surface area contributed by atoms with E-state index in [0.717, 1.165) is 12.0 Å². The third kappa shape index (κ3) is 2.62. The van der Waals surface area contributed by atoms with E-state index in [2.05, 4.69) is 20.8 Å². The second-order valence-corrected chi connectivity index (χ2v) is 11.1. The van der Waals surface area contributed by atoms with Gasteiger partial charge in [0.05, 0.1) is 23.5 Å². The molecule has 2 saturated carbocycles. The van der Waals surface area contributed by atoms with Gasteiger partial charge in [0.25, 0.3) is 0 Å². The third-order valence-corrected chi connectivity index (χ3v) is 9.40. The first kappa shape index (κ1) is 22.5. The predicted molar refractivity (Wildman–Crippen MR) is 118 cm³/mol. The van der Waals surface area contributed by atoms with Gasteiger partial charge in [-0.05, 0) is 61.5 Å². The van der Waals surface area contributed by atoms with Crippen molar-refractivity contribution < 1.29 is 24.5 Å². The average molecular weight is 429 g/mol. The molecule has 0 radical (unpaired) electrons. The van der Waals surface area contributed by atoms with E-state index in [1.54, 1.807) is 19.9 Å². The normalized spacial score (nSPS) is 45.6. The predicted octanol–water partition coefficient (Wildman–Crippen LogP) is 3.61. The number of Topliss-reactive ketones (excluding diaryl/α,β-unsaturated/α-hetero) is 1. The molecule has 0 saturated heterocycles. The van der Waals surface area contributed by atoms with Crippen molar-refractivity contribution in [3.05, 3.63) is 34.9 Å². The van der Waals surface area contributed by atoms with Gasteiger partial charge < -0.3 is 14.9 Å². The number of esters is 1. The fraction of sp³-hybridized carbons (Fsp3) is 0.692. The Kier molecular flexibility index (Phi) is 4.99. The minimum absolute atomic E-state index is 0.0214. The zero-order chi connectivity index (χ0) is 23.1. The number of aliphatic hydroxyl groups is 2. The van der Waals surface area contributed by atoms with Crippen LogP contribution in [-0.2, 0) is 14.3 Å². The van der Waals surface area contributed by atoms with Crippen LogP contribution < -0.4 is 0 Å². The minimum atomic E-state index is -1.09. The summed E-state index contributed by atoms with van der Waals surface area (Å²) in [7, 11) is 0. The number of carbonyl (C=O) groups is 2. The number of fused-ring (bicyclic) bond motifs is 3. The highest BCUT2D eigenvalue weighted by molar-refractivity contribution is 5.95. The molecule has 170 valence electrons. The van der Waals surface area contributed by atoms with Gasteiger partial charge in [0, 0.05) is 11.5 Å². The molecular weight excluding hydrogens is 392 g/mol. The molecule has 2 N–H and O–H groups in total. The third-order valence-electron chi connectivity index (χ3n) is 9.40. The largest absolute Gasteiger partial charge is 0.454 e. The Balaban J connectivity index is 1.91. The number of carbonyl (C=O) groups excluding carboxylic acids is 2. The van der Waals surface area contributed by atoms with E-state index >= 15 is 0 Å². The first-order chi connectivity index (χ1) is 14.4. The quantitative estimate of drug-likeness (QED) is 0.408. The Morgan fingerprint density at radius 2 is 1.97 bits per heavy atom. The van der Waals surface area contributed by atoms with E-state index in [-0.39, 0.29) is 35.6 Å². The average Bonchev–Trinajstić information content (AvgIpc) is 3.21. The highest BCUT2D eigenvalue weighted by Gasteiger charge is 2.75. The van der Waals surface area contributed by atoms with E-state index in [1.807, 2.05) is 26.0 Å². The van der Waals surface area contributed by atoms with Crippen LogP contribution in [0.25, 0.3) is 0 Å². The van der Waals surface area contributed by atoms with Gasteiger partial charge >= 0.3 is 5.97 Å². The van der Waals surface area contributed by atoms with Crippen molar-refractivity contribution in [1.82, 2.24) is 0 Å². The van der Waals surface area contributed by atoms with Gasteiger partial charge in [-0.25, -0.2) is 4.79 Å². The van der Waals surface area contributed by atoms with Crippen LogP contribution in [0.3, 0.4) is 0 Å². The van der Waals surface area contributed by atoms with Gasteiger partial charge in [-0.3, -0.25) is 4.79 Å². The molecule has 4 rings (SSSR count). The molecule has 0 aromatic carbocycles. The second kappa shape index (κ2) is 6.89. The molecule has 4 aliphatic carbocycles. The van der Waals surface area contributed by atoms with Crippen LogP contribution in [-0.4, -0.2) is 40.8 Å². The summed E-state index contributed by atoms with van der Waals surface area (Å²) in [4.78, 5) is 27.1. The monoisotopic (exact) mass is 428 g/mol. The zero-order valence-corrected chi connectivity index (χ0v) is 19.7. The lowest BCUT2D eigenvalue weighted by Gasteiger charge is -2.50. The number of aliphatic hydroxyl groups excluding tert-OH is 2. The molecule has 5 heteroatoms. The van der Waals surface area contributed by atoms with Gasteiger partial charge in [-0.1, -0.05) is 45.9 Å². The Bertz CT molecular complexity index is 924. The SMILES string of the molecule is C/C=C(/C)C(=O)OC1C(C)=C[C@]23C(=O)C(C=C(CO)C(O)C12C)C1C(CC3C)C1(C)C. The van der Waals surface area contributed by atoms with Crippen LogP contribution in [0.15, 0.2) is 34.9 Å². The molecule has 5 nitrogen and oxygen atoms in total. The second-order valence-electron chi connectivity index (χ2n) is 11.1. The van der Waals surface area contributed by atoms with Crippen LogP contribution in [0.4, 0.5) is 0 Å². The number of rotatable bonds is 3. The maximum Gasteiger partial charge on any atom is 0.333 e. The molecule has 1 spiro atoms. The summed E-state index contributed by atoms with van der Waals surface area (Å²) < 4.78 is 5.97. The molecule has 0 aliphatic heterocycles. The molecular formula is C26H36O5. The molecule has 8 atom stereocenters. The molecule has 0 aromatic rings. The summed E-state index contributed by atoms with van der Waals surface area (Å²) in [5, 5.41) is 21.8. The maximum atomic E-state index is 14.3. The number of hydrogen-bond donors (Lipinski definition) is 2. The Morgan fingerprint density at radius 3 is 2.55 bits per heavy atom. The van der Waals surface area contributed by atoms with Gasteiger partial charge in [0.15, 0.2) is 5.78 Å². The highest BCUT2D eigenvalue weighted by atomic mass is 16.5. The molecule has 7 unspecified atom stereocenters. The van der Waals surface area contributed by atoms with Crippen LogP contribution in [0, 0.1) is 39.9 Å². The van der Waals surface area contributed by atoms with Crippen molar-refractivity contribution in [2.75, 3.05) is 6.61 Å². The molecule has 2 bridgehead atoms. The zero-order valence-electron chi connectivity index (χ0n) is 19.7. The molecule has 0 heterocycles. The fourth-order valence-corrected chi connectivity index (χ4v) is 7.42. The standard InChI is InChI=1S/C26H36O5/c1-8-13(2)23(30)31-22-14(3)11-26-15(4)9-18-19(24(18,5)6)17(21(26)29)10-16(12-27)20(28)25(22,26)7/h8,10-11,15,17-20,22,27-28H,9,12H2,1-7H3/b13-8-/t15?,17?,18?,19?,20?,22?,25?,26-/m0/s1. The van der Waals surface area contributed by atoms with Crippen molar-refractivity contribution in [1.29, 1.82) is 0 Å². The summed E-state index contributed by atoms with van der Waals surface area (Å²) in [5.41, 5.74) is -0.226. The summed E-state index contributed by atoms with van der Waals surface area (Å²) in [5.74, 6) is -0.0840. The van der Waals surface area contributed by atoms with Gasteiger partial charge in [-0.15, -0.1) is 0 Å². The fourth-order valence-electron chi connectivity index (χ4n) is 7.42. The molecule has 2 fully saturated rings. The van der Waals surface area contributed by atoms with E-state index < -0.39 is 29.0 Å². The summed E-state index contributed by atoms with van der Waals surface area (Å²) in [6, 6.07) is 0. The van der Waals surface area contributed by atoms with Crippen LogP contribution in [0.1, 0.15) is 54.9 Å². The first-order valence-electron chi connectivity index (χ1n) is 11.5.